The van der Waals surface area contributed by atoms with E-state index in [1.165, 1.54) is 6.33 Å². The molecule has 9 nitrogen and oxygen atoms in total. The molecular weight excluding hydrogens is 468 g/mol. The fraction of sp³-hybridized carbons (Fsp3) is 0.526. The summed E-state index contributed by atoms with van der Waals surface area (Å²) < 4.78 is 79.7. The number of carbonyl (C=O) groups excluding carboxylic acids is 1. The van der Waals surface area contributed by atoms with Gasteiger partial charge in [-0.25, -0.2) is 17.6 Å². The molecule has 3 fully saturated rings. The summed E-state index contributed by atoms with van der Waals surface area (Å²) in [5.74, 6) is -0.360. The second-order valence-electron chi connectivity index (χ2n) is 8.86. The smallest absolute Gasteiger partial charge is 0.331 e. The van der Waals surface area contributed by atoms with Gasteiger partial charge in [0.25, 0.3) is 0 Å². The van der Waals surface area contributed by atoms with Gasteiger partial charge in [-0.05, 0) is 24.6 Å². The number of sulfonamides is 1. The molecule has 1 aromatic heterocycles. The highest BCUT2D eigenvalue weighted by Gasteiger charge is 2.57. The van der Waals surface area contributed by atoms with Crippen LogP contribution in [0.4, 0.5) is 22.4 Å². The highest BCUT2D eigenvalue weighted by Crippen LogP contribution is 2.44. The van der Waals surface area contributed by atoms with Gasteiger partial charge in [-0.2, -0.15) is 17.5 Å². The number of benzene rings is 1. The molecule has 1 N–H and O–H groups in total. The average molecular weight is 488 g/mol. The topological polar surface area (TPSA) is 102 Å². The molecule has 2 aromatic rings. The number of likely N-dealkylation sites (tertiary alicyclic amines) is 2. The van der Waals surface area contributed by atoms with Gasteiger partial charge in [-0.15, -0.1) is 10.2 Å². The lowest BCUT2D eigenvalue weighted by molar-refractivity contribution is -0.140. The Morgan fingerprint density at radius 1 is 1.15 bits per heavy atom. The Labute approximate surface area is 186 Å². The molecule has 1 atom stereocenters. The first-order valence-corrected chi connectivity index (χ1v) is 11.7. The van der Waals surface area contributed by atoms with Crippen LogP contribution in [0.25, 0.3) is 0 Å². The van der Waals surface area contributed by atoms with Gasteiger partial charge in [0.2, 0.25) is 10.0 Å². The number of H-pyrrole nitrogens is 1. The van der Waals surface area contributed by atoms with E-state index in [9.17, 15) is 30.8 Å². The van der Waals surface area contributed by atoms with Crippen molar-refractivity contribution in [3.05, 3.63) is 41.7 Å². The molecule has 178 valence electrons. The summed E-state index contributed by atoms with van der Waals surface area (Å²) in [6.45, 7) is 1.75. The van der Waals surface area contributed by atoms with Gasteiger partial charge in [0.15, 0.2) is 0 Å². The first kappa shape index (κ1) is 22.1. The minimum Gasteiger partial charge on any atom is -0.331 e. The molecule has 3 saturated heterocycles. The molecule has 1 spiro atoms. The predicted octanol–water partition coefficient (Wildman–Crippen LogP) is 1.88. The van der Waals surface area contributed by atoms with E-state index in [1.807, 2.05) is 0 Å². The van der Waals surface area contributed by atoms with Crippen LogP contribution < -0.4 is 0 Å². The molecular formula is C19H20F4N6O3S. The Bertz CT molecular complexity index is 1170. The Morgan fingerprint density at radius 2 is 1.88 bits per heavy atom. The largest absolute Gasteiger partial charge is 0.417 e. The van der Waals surface area contributed by atoms with Crippen LogP contribution in [0.15, 0.2) is 29.4 Å². The van der Waals surface area contributed by atoms with E-state index in [0.717, 1.165) is 16.6 Å². The summed E-state index contributed by atoms with van der Waals surface area (Å²) in [5, 5.41) is 7.74. The number of carbonyl (C=O) groups is 1. The van der Waals surface area contributed by atoms with Crippen molar-refractivity contribution >= 4 is 16.1 Å². The third-order valence-electron chi connectivity index (χ3n) is 6.49. The Balaban J connectivity index is 1.20. The molecule has 0 bridgehead atoms. The fourth-order valence-corrected chi connectivity index (χ4v) is 6.69. The molecule has 0 saturated carbocycles. The maximum Gasteiger partial charge on any atom is 0.417 e. The number of nitrogens with zero attached hydrogens (tertiary/aromatic N) is 5. The number of rotatable bonds is 3. The van der Waals surface area contributed by atoms with Crippen LogP contribution >= 0.6 is 0 Å². The van der Waals surface area contributed by atoms with Gasteiger partial charge in [-0.1, -0.05) is 0 Å². The molecule has 0 aliphatic carbocycles. The lowest BCUT2D eigenvalue weighted by atomic mass is 9.74. The number of halogens is 4. The molecule has 0 unspecified atom stereocenters. The van der Waals surface area contributed by atoms with Crippen molar-refractivity contribution < 1.29 is 30.8 Å². The third kappa shape index (κ3) is 3.74. The Hall–Kier alpha value is -2.74. The molecule has 5 rings (SSSR count). The molecule has 33 heavy (non-hydrogen) atoms. The summed E-state index contributed by atoms with van der Waals surface area (Å²) in [6, 6.07) is 1.38. The lowest BCUT2D eigenvalue weighted by Gasteiger charge is -2.59. The van der Waals surface area contributed by atoms with Crippen LogP contribution in [0.3, 0.4) is 0 Å². The molecule has 0 radical (unpaired) electrons. The zero-order valence-electron chi connectivity index (χ0n) is 17.2. The summed E-state index contributed by atoms with van der Waals surface area (Å²) >= 11 is 0. The van der Waals surface area contributed by atoms with E-state index in [-0.39, 0.29) is 31.1 Å². The Kier molecular flexibility index (Phi) is 4.94. The summed E-state index contributed by atoms with van der Waals surface area (Å²) in [4.78, 5) is 18.1. The number of hydrogen-bond donors (Lipinski definition) is 1. The van der Waals surface area contributed by atoms with Crippen molar-refractivity contribution in [3.63, 3.8) is 0 Å². The van der Waals surface area contributed by atoms with Crippen LogP contribution in [0.1, 0.15) is 23.7 Å². The highest BCUT2D eigenvalue weighted by atomic mass is 32.2. The highest BCUT2D eigenvalue weighted by molar-refractivity contribution is 7.89. The lowest BCUT2D eigenvalue weighted by Crippen LogP contribution is -2.74. The van der Waals surface area contributed by atoms with Crippen molar-refractivity contribution in [2.24, 2.45) is 5.41 Å². The minimum atomic E-state index is -5.01. The minimum absolute atomic E-state index is 0.00841. The number of aromatic nitrogens is 3. The second kappa shape index (κ2) is 7.38. The van der Waals surface area contributed by atoms with Gasteiger partial charge in [0, 0.05) is 50.6 Å². The third-order valence-corrected chi connectivity index (χ3v) is 8.34. The number of nitrogens with one attached hydrogen (secondary N) is 1. The van der Waals surface area contributed by atoms with E-state index in [1.54, 1.807) is 9.80 Å². The molecule has 3 aliphatic rings. The van der Waals surface area contributed by atoms with Gasteiger partial charge in [0.05, 0.1) is 10.5 Å². The number of urea groups is 1. The van der Waals surface area contributed by atoms with Crippen molar-refractivity contribution in [1.82, 2.24) is 29.3 Å². The summed E-state index contributed by atoms with van der Waals surface area (Å²) in [7, 11) is -4.45. The summed E-state index contributed by atoms with van der Waals surface area (Å²) in [5.41, 5.74) is -1.99. The van der Waals surface area contributed by atoms with Crippen LogP contribution in [0, 0.1) is 11.2 Å². The second-order valence-corrected chi connectivity index (χ2v) is 10.8. The maximum absolute atomic E-state index is 13.3. The van der Waals surface area contributed by atoms with E-state index in [4.69, 9.17) is 0 Å². The standard InChI is InChI=1S/C19H20F4N6O3S/c20-13-1-2-15(14(5-13)19(21,22)23)33(31,32)29-9-18(10-29)7-28(8-18)17(30)27-4-3-12(6-27)16-24-11-25-26-16/h1-2,5,11-12H,3-4,6-10H2,(H,24,25,26)/t12-/m1/s1. The van der Waals surface area contributed by atoms with Gasteiger partial charge in [0.1, 0.15) is 18.0 Å². The number of hydrogen-bond acceptors (Lipinski definition) is 5. The zero-order valence-corrected chi connectivity index (χ0v) is 18.0. The molecule has 14 heteroatoms. The van der Waals surface area contributed by atoms with Crippen molar-refractivity contribution in [2.45, 2.75) is 23.4 Å². The van der Waals surface area contributed by atoms with E-state index in [2.05, 4.69) is 15.2 Å². The van der Waals surface area contributed by atoms with Crippen LogP contribution in [-0.4, -0.2) is 83.0 Å². The zero-order chi connectivity index (χ0) is 23.6. The Morgan fingerprint density at radius 3 is 2.52 bits per heavy atom. The quantitative estimate of drug-likeness (QED) is 0.665. The van der Waals surface area contributed by atoms with E-state index in [0.29, 0.717) is 38.3 Å². The average Bonchev–Trinajstić information content (AvgIpc) is 3.36. The molecule has 2 amide bonds. The van der Waals surface area contributed by atoms with Gasteiger partial charge >= 0.3 is 12.2 Å². The van der Waals surface area contributed by atoms with E-state index >= 15 is 0 Å². The van der Waals surface area contributed by atoms with Crippen LogP contribution in [0.2, 0.25) is 0 Å². The van der Waals surface area contributed by atoms with Crippen molar-refractivity contribution in [3.8, 4) is 0 Å². The van der Waals surface area contributed by atoms with Crippen molar-refractivity contribution in [1.29, 1.82) is 0 Å². The van der Waals surface area contributed by atoms with Crippen molar-refractivity contribution in [2.75, 3.05) is 39.3 Å². The molecule has 3 aliphatic heterocycles. The SMILES string of the molecule is O=C(N1CC[C@@H](c2nnc[nH]2)C1)N1CC2(C1)CN(S(=O)(=O)c1ccc(F)cc1C(F)(F)F)C2. The summed E-state index contributed by atoms with van der Waals surface area (Å²) in [6.07, 6.45) is -2.77. The first-order valence-electron chi connectivity index (χ1n) is 10.3. The fourth-order valence-electron chi connectivity index (χ4n) is 4.83. The normalized spacial score (nSPS) is 23.0. The number of alkyl halides is 3. The van der Waals surface area contributed by atoms with Gasteiger partial charge < -0.3 is 14.8 Å². The predicted molar refractivity (Wildman–Crippen MR) is 105 cm³/mol. The van der Waals surface area contributed by atoms with Crippen LogP contribution in [-0.2, 0) is 16.2 Å². The van der Waals surface area contributed by atoms with E-state index < -0.39 is 37.9 Å². The first-order chi connectivity index (χ1) is 15.5. The maximum atomic E-state index is 13.3. The molecule has 1 aromatic carbocycles. The monoisotopic (exact) mass is 488 g/mol. The number of aromatic amines is 1. The van der Waals surface area contributed by atoms with Crippen LogP contribution in [0.5, 0.6) is 0 Å². The molecule has 4 heterocycles. The van der Waals surface area contributed by atoms with Gasteiger partial charge in [-0.3, -0.25) is 0 Å². The number of amides is 2.